The fourth-order valence-electron chi connectivity index (χ4n) is 3.64. The molecule has 0 fully saturated rings. The van der Waals surface area contributed by atoms with Crippen molar-refractivity contribution < 1.29 is 13.2 Å². The largest absolute Gasteiger partial charge is 0.322 e. The molecule has 3 aromatic rings. The molecule has 6 heteroatoms. The number of fused-ring (bicyclic) bond motifs is 1. The number of rotatable bonds is 5. The van der Waals surface area contributed by atoms with Gasteiger partial charge in [0.2, 0.25) is 0 Å². The molecular weight excluding hydrogens is 396 g/mol. The van der Waals surface area contributed by atoms with Gasteiger partial charge in [0, 0.05) is 17.8 Å². The predicted molar refractivity (Wildman–Crippen MR) is 120 cm³/mol. The van der Waals surface area contributed by atoms with Crippen molar-refractivity contribution in [1.82, 2.24) is 0 Å². The minimum Gasteiger partial charge on any atom is -0.322 e. The Bertz CT molecular complexity index is 1170. The second-order valence-corrected chi connectivity index (χ2v) is 9.58. The van der Waals surface area contributed by atoms with Crippen LogP contribution in [0.4, 0.5) is 11.4 Å². The van der Waals surface area contributed by atoms with E-state index in [2.05, 4.69) is 19.2 Å². The summed E-state index contributed by atoms with van der Waals surface area (Å²) in [7, 11) is -3.61. The number of sulfonamides is 1. The number of hydrogen-bond donors (Lipinski definition) is 1. The van der Waals surface area contributed by atoms with Gasteiger partial charge < -0.3 is 5.32 Å². The van der Waals surface area contributed by atoms with Gasteiger partial charge in [0.05, 0.1) is 10.6 Å². The van der Waals surface area contributed by atoms with E-state index in [4.69, 9.17) is 0 Å². The van der Waals surface area contributed by atoms with Gasteiger partial charge in [-0.25, -0.2) is 8.42 Å². The van der Waals surface area contributed by atoms with E-state index in [0.717, 1.165) is 11.3 Å². The summed E-state index contributed by atoms with van der Waals surface area (Å²) >= 11 is 0. The van der Waals surface area contributed by atoms with Crippen LogP contribution in [-0.4, -0.2) is 20.9 Å². The molecule has 0 aromatic heterocycles. The van der Waals surface area contributed by atoms with E-state index in [9.17, 15) is 13.2 Å². The highest BCUT2D eigenvalue weighted by molar-refractivity contribution is 7.92. The van der Waals surface area contributed by atoms with Crippen LogP contribution >= 0.6 is 0 Å². The lowest BCUT2D eigenvalue weighted by molar-refractivity contribution is 0.102. The molecule has 1 N–H and O–H groups in total. The lowest BCUT2D eigenvalue weighted by Crippen LogP contribution is -2.29. The van der Waals surface area contributed by atoms with Gasteiger partial charge in [0.15, 0.2) is 0 Å². The summed E-state index contributed by atoms with van der Waals surface area (Å²) in [5.74, 6) is 0.223. The van der Waals surface area contributed by atoms with Crippen molar-refractivity contribution in [3.63, 3.8) is 0 Å². The van der Waals surface area contributed by atoms with Crippen LogP contribution in [0.15, 0.2) is 77.7 Å². The van der Waals surface area contributed by atoms with Crippen molar-refractivity contribution in [2.24, 2.45) is 0 Å². The number of carbonyl (C=O) groups excluding carboxylic acids is 1. The van der Waals surface area contributed by atoms with Gasteiger partial charge >= 0.3 is 0 Å². The molecule has 0 spiro atoms. The van der Waals surface area contributed by atoms with E-state index in [1.165, 1.54) is 9.87 Å². The minimum atomic E-state index is -3.61. The van der Waals surface area contributed by atoms with Crippen LogP contribution in [0.25, 0.3) is 0 Å². The first kappa shape index (κ1) is 20.2. The number of nitrogens with one attached hydrogen (secondary N) is 1. The second kappa shape index (κ2) is 7.95. The van der Waals surface area contributed by atoms with Crippen LogP contribution in [0.5, 0.6) is 0 Å². The smallest absolute Gasteiger partial charge is 0.264 e. The molecule has 1 aliphatic heterocycles. The van der Waals surface area contributed by atoms with Crippen LogP contribution in [0.2, 0.25) is 0 Å². The van der Waals surface area contributed by atoms with E-state index in [-0.39, 0.29) is 10.8 Å². The van der Waals surface area contributed by atoms with Crippen LogP contribution < -0.4 is 9.62 Å². The third kappa shape index (κ3) is 3.83. The maximum Gasteiger partial charge on any atom is 0.264 e. The maximum atomic E-state index is 13.0. The number of benzene rings is 3. The van der Waals surface area contributed by atoms with Gasteiger partial charge in [-0.05, 0) is 65.9 Å². The van der Waals surface area contributed by atoms with Crippen LogP contribution in [0.3, 0.4) is 0 Å². The van der Waals surface area contributed by atoms with Gasteiger partial charge in [-0.3, -0.25) is 9.10 Å². The molecule has 154 valence electrons. The van der Waals surface area contributed by atoms with E-state index < -0.39 is 10.0 Å². The standard InChI is InChI=1S/C24H24N2O3S/c1-17(2)18-8-11-21(12-9-18)25-24(27)20-10-13-23-19(16-20)14-15-26(23)30(28,29)22-6-4-3-5-7-22/h3-13,16-17H,14-15H2,1-2H3,(H,25,27). The average molecular weight is 421 g/mol. The summed E-state index contributed by atoms with van der Waals surface area (Å²) in [4.78, 5) is 13.0. The van der Waals surface area contributed by atoms with Crippen LogP contribution in [0.1, 0.15) is 41.3 Å². The normalized spacial score (nSPS) is 13.4. The highest BCUT2D eigenvalue weighted by Gasteiger charge is 2.31. The van der Waals surface area contributed by atoms with Crippen molar-refractivity contribution >= 4 is 27.3 Å². The molecule has 0 atom stereocenters. The van der Waals surface area contributed by atoms with Crippen LogP contribution in [0, 0.1) is 0 Å². The fraction of sp³-hybridized carbons (Fsp3) is 0.208. The number of hydrogen-bond acceptors (Lipinski definition) is 3. The number of nitrogens with zero attached hydrogens (tertiary/aromatic N) is 1. The van der Waals surface area contributed by atoms with Crippen LogP contribution in [-0.2, 0) is 16.4 Å². The molecule has 0 aliphatic carbocycles. The van der Waals surface area contributed by atoms with Gasteiger partial charge in [0.25, 0.3) is 15.9 Å². The maximum absolute atomic E-state index is 13.0. The Morgan fingerprint density at radius 2 is 1.67 bits per heavy atom. The predicted octanol–water partition coefficient (Wildman–Crippen LogP) is 4.81. The first-order valence-corrected chi connectivity index (χ1v) is 11.4. The molecule has 1 heterocycles. The van der Waals surface area contributed by atoms with E-state index in [1.807, 2.05) is 24.3 Å². The van der Waals surface area contributed by atoms with Crippen molar-refractivity contribution in [2.75, 3.05) is 16.2 Å². The quantitative estimate of drug-likeness (QED) is 0.644. The lowest BCUT2D eigenvalue weighted by Gasteiger charge is -2.19. The Morgan fingerprint density at radius 1 is 0.967 bits per heavy atom. The first-order valence-electron chi connectivity index (χ1n) is 9.98. The number of anilines is 2. The van der Waals surface area contributed by atoms with Crippen molar-refractivity contribution in [3.05, 3.63) is 89.5 Å². The molecule has 0 unspecified atom stereocenters. The highest BCUT2D eigenvalue weighted by Crippen LogP contribution is 2.33. The Hall–Kier alpha value is -3.12. The average Bonchev–Trinajstić information content (AvgIpc) is 3.19. The Morgan fingerprint density at radius 3 is 2.33 bits per heavy atom. The van der Waals surface area contributed by atoms with E-state index in [1.54, 1.807) is 48.5 Å². The fourth-order valence-corrected chi connectivity index (χ4v) is 5.16. The molecule has 30 heavy (non-hydrogen) atoms. The minimum absolute atomic E-state index is 0.209. The first-order chi connectivity index (χ1) is 14.4. The summed E-state index contributed by atoms with van der Waals surface area (Å²) in [6.45, 7) is 4.62. The molecule has 0 radical (unpaired) electrons. The molecule has 0 saturated heterocycles. The summed E-state index contributed by atoms with van der Waals surface area (Å²) in [5.41, 5.74) is 3.96. The third-order valence-electron chi connectivity index (χ3n) is 5.36. The number of amides is 1. The topological polar surface area (TPSA) is 66.5 Å². The van der Waals surface area contributed by atoms with Crippen molar-refractivity contribution in [3.8, 4) is 0 Å². The molecule has 3 aromatic carbocycles. The molecule has 1 amide bonds. The monoisotopic (exact) mass is 420 g/mol. The zero-order chi connectivity index (χ0) is 21.3. The zero-order valence-electron chi connectivity index (χ0n) is 17.0. The molecule has 0 bridgehead atoms. The SMILES string of the molecule is CC(C)c1ccc(NC(=O)c2ccc3c(c2)CCN3S(=O)(=O)c2ccccc2)cc1. The summed E-state index contributed by atoms with van der Waals surface area (Å²) in [5, 5.41) is 2.91. The molecule has 1 aliphatic rings. The van der Waals surface area contributed by atoms with E-state index >= 15 is 0 Å². The molecule has 4 rings (SSSR count). The lowest BCUT2D eigenvalue weighted by atomic mass is 10.0. The number of carbonyl (C=O) groups is 1. The second-order valence-electron chi connectivity index (χ2n) is 7.71. The van der Waals surface area contributed by atoms with E-state index in [0.29, 0.717) is 30.1 Å². The molecule has 0 saturated carbocycles. The summed E-state index contributed by atoms with van der Waals surface area (Å²) in [6, 6.07) is 21.4. The summed E-state index contributed by atoms with van der Waals surface area (Å²) in [6.07, 6.45) is 0.575. The Balaban J connectivity index is 1.54. The van der Waals surface area contributed by atoms with Gasteiger partial charge in [-0.2, -0.15) is 0 Å². The zero-order valence-corrected chi connectivity index (χ0v) is 17.8. The Labute approximate surface area is 177 Å². The van der Waals surface area contributed by atoms with Crippen molar-refractivity contribution in [2.45, 2.75) is 31.1 Å². The molecular formula is C24H24N2O3S. The molecule has 5 nitrogen and oxygen atoms in total. The highest BCUT2D eigenvalue weighted by atomic mass is 32.2. The summed E-state index contributed by atoms with van der Waals surface area (Å²) < 4.78 is 27.4. The van der Waals surface area contributed by atoms with Gasteiger partial charge in [-0.1, -0.05) is 44.2 Å². The van der Waals surface area contributed by atoms with Gasteiger partial charge in [0.1, 0.15) is 0 Å². The van der Waals surface area contributed by atoms with Crippen molar-refractivity contribution in [1.29, 1.82) is 0 Å². The van der Waals surface area contributed by atoms with Gasteiger partial charge in [-0.15, -0.1) is 0 Å². The third-order valence-corrected chi connectivity index (χ3v) is 7.19. The Kier molecular flexibility index (Phi) is 5.35.